The Morgan fingerprint density at radius 1 is 1.24 bits per heavy atom. The number of carbonyl (C=O) groups excluding carboxylic acids is 1. The molecule has 2 N–H and O–H groups in total. The summed E-state index contributed by atoms with van der Waals surface area (Å²) in [6.07, 6.45) is 8.27. The normalized spacial score (nSPS) is 30.2. The maximum atomic E-state index is 15.2. The van der Waals surface area contributed by atoms with Gasteiger partial charge in [-0.05, 0) is 7.05 Å². The summed E-state index contributed by atoms with van der Waals surface area (Å²) in [5.74, 6) is -0.560. The van der Waals surface area contributed by atoms with E-state index in [2.05, 4.69) is 21.4 Å². The van der Waals surface area contributed by atoms with Crippen molar-refractivity contribution in [1.82, 2.24) is 9.80 Å². The molecule has 0 aromatic heterocycles. The lowest BCUT2D eigenvalue weighted by Gasteiger charge is -2.37. The van der Waals surface area contributed by atoms with Gasteiger partial charge in [-0.2, -0.15) is 4.58 Å². The van der Waals surface area contributed by atoms with Gasteiger partial charge in [0.25, 0.3) is 0 Å². The molecule has 2 aliphatic carbocycles. The SMILES string of the molecule is CN1CCN(C2=C(F)C3CC(=O)C(=CN)C=[N+](C4CC4)C(=C2)C3)CC1. The van der Waals surface area contributed by atoms with Crippen LogP contribution in [0.4, 0.5) is 4.39 Å². The van der Waals surface area contributed by atoms with Gasteiger partial charge in [-0.25, -0.2) is 4.39 Å². The van der Waals surface area contributed by atoms with Gasteiger partial charge in [-0.1, -0.05) is 0 Å². The van der Waals surface area contributed by atoms with Gasteiger partial charge in [-0.15, -0.1) is 0 Å². The molecule has 1 unspecified atom stereocenters. The minimum Gasteiger partial charge on any atom is -0.404 e. The molecule has 2 heterocycles. The molecule has 4 rings (SSSR count). The van der Waals surface area contributed by atoms with E-state index in [1.165, 1.54) is 6.20 Å². The van der Waals surface area contributed by atoms with Crippen molar-refractivity contribution in [3.63, 3.8) is 0 Å². The van der Waals surface area contributed by atoms with Crippen LogP contribution in [0.3, 0.4) is 0 Å². The lowest BCUT2D eigenvalue weighted by Crippen LogP contribution is -2.44. The molecule has 1 saturated heterocycles. The van der Waals surface area contributed by atoms with Gasteiger partial charge in [0.1, 0.15) is 5.83 Å². The highest BCUT2D eigenvalue weighted by molar-refractivity contribution is 6.12. The van der Waals surface area contributed by atoms with Crippen LogP contribution in [-0.4, -0.2) is 65.6 Å². The summed E-state index contributed by atoms with van der Waals surface area (Å²) < 4.78 is 17.4. The maximum Gasteiger partial charge on any atom is 0.184 e. The quantitative estimate of drug-likeness (QED) is 0.607. The third-order valence-corrected chi connectivity index (χ3v) is 5.69. The smallest absolute Gasteiger partial charge is 0.184 e. The molecule has 134 valence electrons. The second-order valence-corrected chi connectivity index (χ2v) is 7.58. The Bertz CT molecular complexity index is 709. The minimum atomic E-state index is -0.368. The highest BCUT2D eigenvalue weighted by Gasteiger charge is 2.42. The largest absolute Gasteiger partial charge is 0.404 e. The summed E-state index contributed by atoms with van der Waals surface area (Å²) in [5, 5.41) is 0. The fourth-order valence-electron chi connectivity index (χ4n) is 3.94. The maximum absolute atomic E-state index is 15.2. The average Bonchev–Trinajstić information content (AvgIpc) is 3.42. The zero-order valence-electron chi connectivity index (χ0n) is 14.7. The molecule has 1 saturated carbocycles. The zero-order valence-corrected chi connectivity index (χ0v) is 14.7. The van der Waals surface area contributed by atoms with Gasteiger partial charge in [-0.3, -0.25) is 4.79 Å². The minimum absolute atomic E-state index is 0.0630. The molecule has 1 atom stereocenters. The molecule has 6 heteroatoms. The zero-order chi connectivity index (χ0) is 17.6. The van der Waals surface area contributed by atoms with E-state index in [1.807, 2.05) is 12.3 Å². The number of likely N-dealkylation sites (N-methyl/N-ethyl adjacent to an activating group) is 1. The van der Waals surface area contributed by atoms with Crippen molar-refractivity contribution in [2.45, 2.75) is 31.7 Å². The van der Waals surface area contributed by atoms with Gasteiger partial charge in [0.2, 0.25) is 0 Å². The van der Waals surface area contributed by atoms with Crippen LogP contribution in [-0.2, 0) is 4.79 Å². The van der Waals surface area contributed by atoms with E-state index in [0.29, 0.717) is 23.7 Å². The molecule has 0 aromatic rings. The van der Waals surface area contributed by atoms with E-state index in [9.17, 15) is 4.79 Å². The number of allylic oxidation sites excluding steroid dienone is 4. The molecule has 0 spiro atoms. The van der Waals surface area contributed by atoms with Gasteiger partial charge in [0, 0.05) is 70.1 Å². The van der Waals surface area contributed by atoms with Crippen molar-refractivity contribution in [3.8, 4) is 0 Å². The second-order valence-electron chi connectivity index (χ2n) is 7.58. The average molecular weight is 345 g/mol. The summed E-state index contributed by atoms with van der Waals surface area (Å²) >= 11 is 0. The lowest BCUT2D eigenvalue weighted by molar-refractivity contribution is -0.490. The van der Waals surface area contributed by atoms with Crippen LogP contribution in [0.2, 0.25) is 0 Å². The Morgan fingerprint density at radius 3 is 2.60 bits per heavy atom. The van der Waals surface area contributed by atoms with Crippen LogP contribution in [0.5, 0.6) is 0 Å². The third kappa shape index (κ3) is 3.15. The van der Waals surface area contributed by atoms with Crippen molar-refractivity contribution >= 4 is 12.0 Å². The fourth-order valence-corrected chi connectivity index (χ4v) is 3.94. The van der Waals surface area contributed by atoms with E-state index in [-0.39, 0.29) is 23.9 Å². The number of fused-ring (bicyclic) bond motifs is 2. The summed E-state index contributed by atoms with van der Waals surface area (Å²) in [5.41, 5.74) is 7.97. The van der Waals surface area contributed by atoms with E-state index in [1.54, 1.807) is 0 Å². The van der Waals surface area contributed by atoms with Crippen LogP contribution in [0.25, 0.3) is 0 Å². The van der Waals surface area contributed by atoms with Gasteiger partial charge < -0.3 is 15.5 Å². The van der Waals surface area contributed by atoms with Crippen LogP contribution in [0, 0.1) is 5.92 Å². The summed E-state index contributed by atoms with van der Waals surface area (Å²) in [4.78, 5) is 16.9. The first-order valence-corrected chi connectivity index (χ1v) is 9.19. The molecule has 4 aliphatic rings. The first-order chi connectivity index (χ1) is 12.1. The van der Waals surface area contributed by atoms with Gasteiger partial charge >= 0.3 is 0 Å². The van der Waals surface area contributed by atoms with Gasteiger partial charge in [0.15, 0.2) is 23.7 Å². The van der Waals surface area contributed by atoms with E-state index in [4.69, 9.17) is 5.73 Å². The monoisotopic (exact) mass is 345 g/mol. The molecule has 25 heavy (non-hydrogen) atoms. The topological polar surface area (TPSA) is 52.6 Å². The van der Waals surface area contributed by atoms with E-state index >= 15 is 4.39 Å². The number of rotatable bonds is 2. The number of hydrogen-bond donors (Lipinski definition) is 1. The van der Waals surface area contributed by atoms with Crippen LogP contribution in [0.15, 0.2) is 35.1 Å². The Hall–Kier alpha value is -1.95. The molecule has 0 amide bonds. The molecule has 0 aromatic carbocycles. The molecular formula is C19H26FN4O+. The van der Waals surface area contributed by atoms with Crippen molar-refractivity contribution < 1.29 is 13.8 Å². The molecule has 2 fully saturated rings. The summed E-state index contributed by atoms with van der Waals surface area (Å²) in [6, 6.07) is 0.419. The third-order valence-electron chi connectivity index (χ3n) is 5.69. The number of piperazine rings is 1. The Labute approximate surface area is 148 Å². The Kier molecular flexibility index (Phi) is 4.23. The van der Waals surface area contributed by atoms with Crippen molar-refractivity contribution in [1.29, 1.82) is 0 Å². The number of carbonyl (C=O) groups is 1. The van der Waals surface area contributed by atoms with E-state index in [0.717, 1.165) is 44.7 Å². The van der Waals surface area contributed by atoms with Crippen molar-refractivity contribution in [2.24, 2.45) is 11.7 Å². The van der Waals surface area contributed by atoms with Crippen LogP contribution >= 0.6 is 0 Å². The molecule has 0 radical (unpaired) electrons. The lowest BCUT2D eigenvalue weighted by atomic mass is 9.87. The first-order valence-electron chi connectivity index (χ1n) is 9.19. The van der Waals surface area contributed by atoms with Gasteiger partial charge in [0.05, 0.1) is 11.3 Å². The predicted molar refractivity (Wildman–Crippen MR) is 94.6 cm³/mol. The standard InChI is InChI=1S/C19H25FN4O/c1-22-4-6-23(7-5-22)17-10-16-8-13(19(17)20)9-18(25)14(11-21)12-24(16)15-2-3-15/h10-13,15,21H,2-9H2,1H3/p+1. The summed E-state index contributed by atoms with van der Waals surface area (Å²) in [6.45, 7) is 3.51. The molecule has 2 aliphatic heterocycles. The number of Topliss-reactive ketones (excluding diaryl/α,β-unsaturated/α-hetero) is 1. The predicted octanol–water partition coefficient (Wildman–Crippen LogP) is 1.38. The number of nitrogens with two attached hydrogens (primary N) is 1. The number of ketones is 1. The summed E-state index contributed by atoms with van der Waals surface area (Å²) in [7, 11) is 2.09. The second kappa shape index (κ2) is 6.41. The highest BCUT2D eigenvalue weighted by Crippen LogP contribution is 2.39. The first kappa shape index (κ1) is 16.5. The van der Waals surface area contributed by atoms with Crippen LogP contribution < -0.4 is 5.73 Å². The molecular weight excluding hydrogens is 319 g/mol. The molecule has 5 nitrogen and oxygen atoms in total. The highest BCUT2D eigenvalue weighted by atomic mass is 19.1. The number of nitrogens with zero attached hydrogens (tertiary/aromatic N) is 3. The van der Waals surface area contributed by atoms with Crippen molar-refractivity contribution in [3.05, 3.63) is 35.1 Å². The Balaban J connectivity index is 1.74. The molecule has 2 bridgehead atoms. The van der Waals surface area contributed by atoms with Crippen LogP contribution in [0.1, 0.15) is 25.7 Å². The Morgan fingerprint density at radius 2 is 1.96 bits per heavy atom. The number of halogens is 1. The van der Waals surface area contributed by atoms with Crippen molar-refractivity contribution in [2.75, 3.05) is 33.2 Å². The number of hydrogen-bond acceptors (Lipinski definition) is 4. The fraction of sp³-hybridized carbons (Fsp3) is 0.579. The van der Waals surface area contributed by atoms with E-state index < -0.39 is 0 Å².